The number of nitrogens with zero attached hydrogens (tertiary/aromatic N) is 3. The van der Waals surface area contributed by atoms with E-state index in [9.17, 15) is 18.0 Å². The Morgan fingerprint density at radius 3 is 2.72 bits per heavy atom. The highest BCUT2D eigenvalue weighted by Gasteiger charge is 2.43. The molecule has 6 nitrogen and oxygen atoms in total. The molecular weight excluding hydrogens is 419 g/mol. The van der Waals surface area contributed by atoms with E-state index in [2.05, 4.69) is 26.3 Å². The first kappa shape index (κ1) is 21.0. The molecule has 3 aromatic heterocycles. The fourth-order valence-electron chi connectivity index (χ4n) is 5.27. The van der Waals surface area contributed by atoms with Crippen molar-refractivity contribution in [3.8, 4) is 0 Å². The van der Waals surface area contributed by atoms with Crippen LogP contribution in [0.25, 0.3) is 21.9 Å². The third-order valence-electron chi connectivity index (χ3n) is 6.99. The molecule has 2 aliphatic rings. The maximum absolute atomic E-state index is 13.1. The molecule has 2 fully saturated rings. The zero-order chi connectivity index (χ0) is 22.3. The minimum absolute atomic E-state index is 0.00571. The molecule has 1 atom stereocenters. The van der Waals surface area contributed by atoms with E-state index in [0.29, 0.717) is 18.9 Å². The lowest BCUT2D eigenvalue weighted by molar-refractivity contribution is -0.184. The van der Waals surface area contributed by atoms with Gasteiger partial charge in [0, 0.05) is 42.3 Å². The fourth-order valence-corrected chi connectivity index (χ4v) is 5.27. The Kier molecular flexibility index (Phi) is 5.43. The van der Waals surface area contributed by atoms with Crippen LogP contribution in [0.3, 0.4) is 0 Å². The van der Waals surface area contributed by atoms with Gasteiger partial charge in [0.25, 0.3) is 0 Å². The van der Waals surface area contributed by atoms with Crippen molar-refractivity contribution in [3.63, 3.8) is 0 Å². The Labute approximate surface area is 183 Å². The molecule has 1 unspecified atom stereocenters. The minimum Gasteiger partial charge on any atom is -0.360 e. The molecule has 32 heavy (non-hydrogen) atoms. The molecule has 4 heterocycles. The number of urea groups is 1. The van der Waals surface area contributed by atoms with Gasteiger partial charge in [-0.3, -0.25) is 0 Å². The molecule has 170 valence electrons. The standard InChI is InChI=1S/C23H26F3N5O/c24-23(25,26)15-2-1-11-31(13-15)22(32)30-16-5-3-14(4-6-16)17-7-9-27-19-12-29-21-18(20(17)19)8-10-28-21/h7-10,12,14-16,27H,1-6,11,13H2,(H,30,32). The summed E-state index contributed by atoms with van der Waals surface area (Å²) >= 11 is 0. The quantitative estimate of drug-likeness (QED) is 0.575. The van der Waals surface area contributed by atoms with Gasteiger partial charge < -0.3 is 15.2 Å². The minimum atomic E-state index is -4.24. The second kappa shape index (κ2) is 8.26. The van der Waals surface area contributed by atoms with Crippen molar-refractivity contribution >= 4 is 28.0 Å². The van der Waals surface area contributed by atoms with Gasteiger partial charge in [0.1, 0.15) is 0 Å². The molecule has 0 radical (unpaired) electrons. The third-order valence-corrected chi connectivity index (χ3v) is 6.99. The molecule has 5 rings (SSSR count). The van der Waals surface area contributed by atoms with E-state index < -0.39 is 12.1 Å². The molecule has 2 N–H and O–H groups in total. The molecule has 3 aromatic rings. The lowest BCUT2D eigenvalue weighted by Crippen LogP contribution is -2.51. The Bertz CT molecular complexity index is 1120. The number of hydrogen-bond acceptors (Lipinski definition) is 3. The van der Waals surface area contributed by atoms with E-state index in [1.54, 1.807) is 6.20 Å². The lowest BCUT2D eigenvalue weighted by atomic mass is 9.80. The number of aromatic nitrogens is 3. The van der Waals surface area contributed by atoms with Gasteiger partial charge in [-0.05, 0) is 62.1 Å². The topological polar surface area (TPSA) is 73.9 Å². The number of hydrogen-bond donors (Lipinski definition) is 2. The highest BCUT2D eigenvalue weighted by atomic mass is 19.4. The molecule has 0 bridgehead atoms. The monoisotopic (exact) mass is 445 g/mol. The first-order chi connectivity index (χ1) is 15.4. The second-order valence-corrected chi connectivity index (χ2v) is 8.99. The van der Waals surface area contributed by atoms with Crippen molar-refractivity contribution in [3.05, 3.63) is 36.3 Å². The van der Waals surface area contributed by atoms with Gasteiger partial charge in [0.15, 0.2) is 5.65 Å². The SMILES string of the molecule is O=C(NC1CCC(c2cc[nH]c3cnc4nccc4c23)CC1)N1CCCC(C(F)(F)F)C1. The molecule has 1 saturated carbocycles. The summed E-state index contributed by atoms with van der Waals surface area (Å²) in [5.41, 5.74) is 2.97. The van der Waals surface area contributed by atoms with Crippen molar-refractivity contribution in [2.45, 2.75) is 56.7 Å². The number of rotatable bonds is 2. The van der Waals surface area contributed by atoms with Gasteiger partial charge in [-0.1, -0.05) is 0 Å². The fraction of sp³-hybridized carbons (Fsp3) is 0.522. The molecule has 1 aliphatic heterocycles. The number of halogens is 3. The number of likely N-dealkylation sites (tertiary alicyclic amines) is 1. The maximum Gasteiger partial charge on any atom is 0.393 e. The summed E-state index contributed by atoms with van der Waals surface area (Å²) in [5.74, 6) is -1.07. The van der Waals surface area contributed by atoms with Gasteiger partial charge in [0.05, 0.1) is 17.6 Å². The summed E-state index contributed by atoms with van der Waals surface area (Å²) in [4.78, 5) is 25.9. The maximum atomic E-state index is 13.1. The van der Waals surface area contributed by atoms with E-state index in [-0.39, 0.29) is 25.0 Å². The highest BCUT2D eigenvalue weighted by Crippen LogP contribution is 2.38. The smallest absolute Gasteiger partial charge is 0.360 e. The van der Waals surface area contributed by atoms with Crippen LogP contribution in [0, 0.1) is 5.92 Å². The zero-order valence-electron chi connectivity index (χ0n) is 17.7. The van der Waals surface area contributed by atoms with Gasteiger partial charge in [-0.25, -0.2) is 14.8 Å². The molecule has 2 amide bonds. The van der Waals surface area contributed by atoms with Crippen LogP contribution in [0.5, 0.6) is 0 Å². The van der Waals surface area contributed by atoms with Crippen molar-refractivity contribution < 1.29 is 18.0 Å². The third kappa shape index (κ3) is 4.00. The van der Waals surface area contributed by atoms with E-state index >= 15 is 0 Å². The summed E-state index contributed by atoms with van der Waals surface area (Å²) in [6, 6.07) is 3.73. The van der Waals surface area contributed by atoms with Gasteiger partial charge in [-0.2, -0.15) is 13.2 Å². The average Bonchev–Trinajstić information content (AvgIpc) is 3.28. The molecular formula is C23H26F3N5O. The van der Waals surface area contributed by atoms with Crippen molar-refractivity contribution in [1.82, 2.24) is 25.2 Å². The van der Waals surface area contributed by atoms with Crippen LogP contribution >= 0.6 is 0 Å². The number of carbonyl (C=O) groups is 1. The molecule has 1 saturated heterocycles. The van der Waals surface area contributed by atoms with Crippen LogP contribution in [-0.4, -0.2) is 51.2 Å². The van der Waals surface area contributed by atoms with Crippen LogP contribution < -0.4 is 5.32 Å². The van der Waals surface area contributed by atoms with Crippen LogP contribution in [0.4, 0.5) is 18.0 Å². The highest BCUT2D eigenvalue weighted by molar-refractivity contribution is 6.05. The average molecular weight is 445 g/mol. The van der Waals surface area contributed by atoms with E-state index in [0.717, 1.165) is 47.6 Å². The number of carbonyl (C=O) groups excluding carboxylic acids is 1. The molecule has 1 aliphatic carbocycles. The zero-order valence-corrected chi connectivity index (χ0v) is 17.7. The van der Waals surface area contributed by atoms with Crippen LogP contribution in [-0.2, 0) is 0 Å². The normalized spacial score (nSPS) is 24.7. The molecule has 9 heteroatoms. The van der Waals surface area contributed by atoms with Crippen LogP contribution in [0.2, 0.25) is 0 Å². The Hall–Kier alpha value is -2.84. The summed E-state index contributed by atoms with van der Waals surface area (Å²) < 4.78 is 39.2. The number of fused-ring (bicyclic) bond motifs is 3. The predicted molar refractivity (Wildman–Crippen MR) is 115 cm³/mol. The Morgan fingerprint density at radius 2 is 1.94 bits per heavy atom. The van der Waals surface area contributed by atoms with E-state index in [1.807, 2.05) is 18.5 Å². The van der Waals surface area contributed by atoms with Crippen LogP contribution in [0.15, 0.2) is 30.7 Å². The number of H-pyrrole nitrogens is 1. The van der Waals surface area contributed by atoms with E-state index in [1.165, 1.54) is 10.5 Å². The summed E-state index contributed by atoms with van der Waals surface area (Å²) in [6.07, 6.45) is 5.19. The largest absolute Gasteiger partial charge is 0.393 e. The number of pyridine rings is 2. The molecule has 0 spiro atoms. The van der Waals surface area contributed by atoms with Gasteiger partial charge in [0.2, 0.25) is 0 Å². The first-order valence-electron chi connectivity index (χ1n) is 11.2. The number of amides is 2. The Balaban J connectivity index is 1.24. The van der Waals surface area contributed by atoms with Crippen molar-refractivity contribution in [2.24, 2.45) is 5.92 Å². The Morgan fingerprint density at radius 1 is 1.12 bits per heavy atom. The van der Waals surface area contributed by atoms with Crippen LogP contribution in [0.1, 0.15) is 50.0 Å². The number of piperidine rings is 1. The van der Waals surface area contributed by atoms with Gasteiger partial charge in [-0.15, -0.1) is 0 Å². The second-order valence-electron chi connectivity index (χ2n) is 8.99. The van der Waals surface area contributed by atoms with Crippen molar-refractivity contribution in [2.75, 3.05) is 13.1 Å². The first-order valence-corrected chi connectivity index (χ1v) is 11.2. The predicted octanol–water partition coefficient (Wildman–Crippen LogP) is 5.12. The summed E-state index contributed by atoms with van der Waals surface area (Å²) in [5, 5.41) is 5.17. The number of aromatic amines is 1. The van der Waals surface area contributed by atoms with E-state index in [4.69, 9.17) is 0 Å². The number of nitrogens with one attached hydrogen (secondary N) is 2. The summed E-state index contributed by atoms with van der Waals surface area (Å²) in [7, 11) is 0. The molecule has 0 aromatic carbocycles. The summed E-state index contributed by atoms with van der Waals surface area (Å²) in [6.45, 7) is 0.146. The lowest BCUT2D eigenvalue weighted by Gasteiger charge is -2.36. The number of alkyl halides is 3. The van der Waals surface area contributed by atoms with Crippen molar-refractivity contribution in [1.29, 1.82) is 0 Å². The van der Waals surface area contributed by atoms with Gasteiger partial charge >= 0.3 is 12.2 Å².